The van der Waals surface area contributed by atoms with Crippen LogP contribution in [0.1, 0.15) is 30.1 Å². The molecule has 4 rings (SSSR count). The van der Waals surface area contributed by atoms with Crippen LogP contribution in [0.5, 0.6) is 0 Å². The van der Waals surface area contributed by atoms with Crippen LogP contribution in [-0.4, -0.2) is 44.7 Å². The van der Waals surface area contributed by atoms with Gasteiger partial charge in [0.15, 0.2) is 5.82 Å². The van der Waals surface area contributed by atoms with Crippen molar-refractivity contribution in [1.82, 2.24) is 24.9 Å². The van der Waals surface area contributed by atoms with Gasteiger partial charge in [0.25, 0.3) is 0 Å². The summed E-state index contributed by atoms with van der Waals surface area (Å²) in [6.07, 6.45) is 3.32. The van der Waals surface area contributed by atoms with Crippen LogP contribution >= 0.6 is 0 Å². The van der Waals surface area contributed by atoms with Crippen LogP contribution < -0.4 is 5.73 Å². The van der Waals surface area contributed by atoms with Gasteiger partial charge >= 0.3 is 0 Å². The number of rotatable bonds is 4. The van der Waals surface area contributed by atoms with E-state index >= 15 is 0 Å². The average molecular weight is 354 g/mol. The third-order valence-electron chi connectivity index (χ3n) is 4.95. The predicted molar refractivity (Wildman–Crippen MR) is 94.9 cm³/mol. The van der Waals surface area contributed by atoms with Crippen LogP contribution in [-0.2, 0) is 10.2 Å². The first kappa shape index (κ1) is 16.9. The molecule has 0 atom stereocenters. The van der Waals surface area contributed by atoms with E-state index in [0.29, 0.717) is 31.5 Å². The molecule has 1 aliphatic heterocycles. The summed E-state index contributed by atoms with van der Waals surface area (Å²) in [5.41, 5.74) is 8.51. The summed E-state index contributed by atoms with van der Waals surface area (Å²) in [6, 6.07) is 5.84. The minimum atomic E-state index is -0.291. The van der Waals surface area contributed by atoms with Crippen molar-refractivity contribution in [3.63, 3.8) is 0 Å². The number of hydrogen-bond donors (Lipinski definition) is 1. The van der Waals surface area contributed by atoms with Gasteiger partial charge in [-0.1, -0.05) is 5.16 Å². The van der Waals surface area contributed by atoms with Crippen LogP contribution in [0.2, 0.25) is 0 Å². The van der Waals surface area contributed by atoms with E-state index in [2.05, 4.69) is 20.2 Å². The molecule has 8 nitrogen and oxygen atoms in total. The van der Waals surface area contributed by atoms with Crippen LogP contribution in [0.15, 0.2) is 28.9 Å². The molecule has 0 saturated carbocycles. The number of aryl methyl sites for hydroxylation is 2. The molecule has 0 aromatic carbocycles. The van der Waals surface area contributed by atoms with Gasteiger partial charge in [0.05, 0.1) is 11.1 Å². The van der Waals surface area contributed by atoms with Crippen molar-refractivity contribution in [3.8, 4) is 17.2 Å². The van der Waals surface area contributed by atoms with E-state index in [9.17, 15) is 0 Å². The largest absolute Gasteiger partial charge is 0.381 e. The van der Waals surface area contributed by atoms with E-state index in [1.165, 1.54) is 0 Å². The van der Waals surface area contributed by atoms with Crippen molar-refractivity contribution < 1.29 is 9.26 Å². The third kappa shape index (κ3) is 2.91. The Hall–Kier alpha value is -2.58. The van der Waals surface area contributed by atoms with E-state index < -0.39 is 0 Å². The molecule has 1 fully saturated rings. The Bertz CT molecular complexity index is 893. The molecule has 26 heavy (non-hydrogen) atoms. The maximum absolute atomic E-state index is 6.01. The zero-order chi connectivity index (χ0) is 18.1. The van der Waals surface area contributed by atoms with Crippen LogP contribution in [0.3, 0.4) is 0 Å². The predicted octanol–water partition coefficient (Wildman–Crippen LogP) is 1.94. The van der Waals surface area contributed by atoms with E-state index in [1.807, 2.05) is 36.7 Å². The van der Waals surface area contributed by atoms with E-state index in [0.717, 1.165) is 35.6 Å². The molecular formula is C18H22N6O2. The Morgan fingerprint density at radius 3 is 2.65 bits per heavy atom. The second kappa shape index (κ2) is 6.62. The Labute approximate surface area is 151 Å². The highest BCUT2D eigenvalue weighted by Crippen LogP contribution is 2.33. The zero-order valence-electron chi connectivity index (χ0n) is 15.0. The number of pyridine rings is 1. The third-order valence-corrected chi connectivity index (χ3v) is 4.95. The first-order valence-corrected chi connectivity index (χ1v) is 8.73. The van der Waals surface area contributed by atoms with Crippen molar-refractivity contribution in [2.75, 3.05) is 19.8 Å². The fourth-order valence-electron chi connectivity index (χ4n) is 3.33. The molecule has 2 N–H and O–H groups in total. The van der Waals surface area contributed by atoms with Crippen molar-refractivity contribution in [1.29, 1.82) is 0 Å². The number of nitrogens with two attached hydrogens (primary N) is 1. The topological polar surface area (TPSA) is 105 Å². The van der Waals surface area contributed by atoms with E-state index in [-0.39, 0.29) is 5.41 Å². The molecule has 3 aromatic rings. The molecule has 8 heteroatoms. The summed E-state index contributed by atoms with van der Waals surface area (Å²) in [5, 5.41) is 8.58. The van der Waals surface area contributed by atoms with Gasteiger partial charge < -0.3 is 15.0 Å². The number of ether oxygens (including phenoxy) is 1. The SMILES string of the molecule is Cc1cc(C)n(-c2ccc(-c3noc(C4(CN)CCOCC4)n3)cn2)n1. The van der Waals surface area contributed by atoms with Gasteiger partial charge in [-0.05, 0) is 44.9 Å². The van der Waals surface area contributed by atoms with Crippen LogP contribution in [0, 0.1) is 13.8 Å². The average Bonchev–Trinajstić information content (AvgIpc) is 3.29. The highest BCUT2D eigenvalue weighted by molar-refractivity contribution is 5.54. The van der Waals surface area contributed by atoms with Crippen molar-refractivity contribution in [3.05, 3.63) is 41.7 Å². The summed E-state index contributed by atoms with van der Waals surface area (Å²) in [7, 11) is 0. The summed E-state index contributed by atoms with van der Waals surface area (Å²) in [5.74, 6) is 1.86. The minimum Gasteiger partial charge on any atom is -0.381 e. The van der Waals surface area contributed by atoms with Crippen molar-refractivity contribution >= 4 is 0 Å². The molecule has 0 amide bonds. The Morgan fingerprint density at radius 1 is 1.23 bits per heavy atom. The monoisotopic (exact) mass is 354 g/mol. The quantitative estimate of drug-likeness (QED) is 0.763. The molecule has 0 bridgehead atoms. The normalized spacial score (nSPS) is 16.7. The Balaban J connectivity index is 1.61. The van der Waals surface area contributed by atoms with E-state index in [1.54, 1.807) is 6.20 Å². The fourth-order valence-corrected chi connectivity index (χ4v) is 3.33. The molecule has 1 saturated heterocycles. The summed E-state index contributed by atoms with van der Waals surface area (Å²) >= 11 is 0. The van der Waals surface area contributed by atoms with Gasteiger partial charge in [-0.2, -0.15) is 10.1 Å². The second-order valence-electron chi connectivity index (χ2n) is 6.76. The first-order valence-electron chi connectivity index (χ1n) is 8.73. The molecule has 0 radical (unpaired) electrons. The number of nitrogens with zero attached hydrogens (tertiary/aromatic N) is 5. The maximum Gasteiger partial charge on any atom is 0.234 e. The Morgan fingerprint density at radius 2 is 2.04 bits per heavy atom. The molecule has 1 aliphatic rings. The molecule has 4 heterocycles. The van der Waals surface area contributed by atoms with Crippen LogP contribution in [0.25, 0.3) is 17.2 Å². The number of hydrogen-bond acceptors (Lipinski definition) is 7. The van der Waals surface area contributed by atoms with Gasteiger partial charge in [0.1, 0.15) is 0 Å². The highest BCUT2D eigenvalue weighted by atomic mass is 16.5. The van der Waals surface area contributed by atoms with Gasteiger partial charge in [-0.3, -0.25) is 0 Å². The second-order valence-corrected chi connectivity index (χ2v) is 6.76. The lowest BCUT2D eigenvalue weighted by molar-refractivity contribution is 0.0409. The van der Waals surface area contributed by atoms with Gasteiger partial charge in [0.2, 0.25) is 11.7 Å². The number of aromatic nitrogens is 5. The highest BCUT2D eigenvalue weighted by Gasteiger charge is 2.38. The molecule has 3 aromatic heterocycles. The van der Waals surface area contributed by atoms with Crippen molar-refractivity contribution in [2.45, 2.75) is 32.1 Å². The van der Waals surface area contributed by atoms with Gasteiger partial charge in [-0.15, -0.1) is 0 Å². The molecule has 0 aliphatic carbocycles. The molecular weight excluding hydrogens is 332 g/mol. The lowest BCUT2D eigenvalue weighted by Gasteiger charge is -2.32. The molecule has 0 spiro atoms. The van der Waals surface area contributed by atoms with Crippen LogP contribution in [0.4, 0.5) is 0 Å². The maximum atomic E-state index is 6.01. The standard InChI is InChI=1S/C18H22N6O2/c1-12-9-13(2)24(22-12)15-4-3-14(10-20-15)16-21-17(26-23-16)18(11-19)5-7-25-8-6-18/h3-4,9-10H,5-8,11,19H2,1-2H3. The van der Waals surface area contributed by atoms with Gasteiger partial charge in [-0.25, -0.2) is 9.67 Å². The Kier molecular flexibility index (Phi) is 4.29. The molecule has 0 unspecified atom stereocenters. The summed E-state index contributed by atoms with van der Waals surface area (Å²) in [4.78, 5) is 9.09. The lowest BCUT2D eigenvalue weighted by atomic mass is 9.80. The fraction of sp³-hybridized carbons (Fsp3) is 0.444. The van der Waals surface area contributed by atoms with Crippen molar-refractivity contribution in [2.24, 2.45) is 5.73 Å². The lowest BCUT2D eigenvalue weighted by Crippen LogP contribution is -2.40. The summed E-state index contributed by atoms with van der Waals surface area (Å²) in [6.45, 7) is 5.75. The minimum absolute atomic E-state index is 0.291. The summed E-state index contributed by atoms with van der Waals surface area (Å²) < 4.78 is 12.8. The zero-order valence-corrected chi connectivity index (χ0v) is 15.0. The van der Waals surface area contributed by atoms with Gasteiger partial charge in [0, 0.05) is 37.2 Å². The smallest absolute Gasteiger partial charge is 0.234 e. The first-order chi connectivity index (χ1) is 12.6. The molecule has 136 valence electrons. The van der Waals surface area contributed by atoms with E-state index in [4.69, 9.17) is 15.0 Å².